The number of nitrogens with one attached hydrogen (secondary N) is 3. The fourth-order valence-electron chi connectivity index (χ4n) is 9.10. The highest BCUT2D eigenvalue weighted by Crippen LogP contribution is 2.36. The van der Waals surface area contributed by atoms with Crippen LogP contribution >= 0.6 is 11.6 Å². The summed E-state index contributed by atoms with van der Waals surface area (Å²) in [4.78, 5) is -0.590. The number of halogens is 2. The highest BCUT2D eigenvalue weighted by atomic mass is 35.5. The summed E-state index contributed by atoms with van der Waals surface area (Å²) in [5, 5.41) is 2.12. The van der Waals surface area contributed by atoms with Crippen molar-refractivity contribution < 1.29 is 54.9 Å². The van der Waals surface area contributed by atoms with Crippen LogP contribution in [0.5, 0.6) is 0 Å². The molecule has 0 aromatic heterocycles. The van der Waals surface area contributed by atoms with Crippen molar-refractivity contribution >= 4 is 77.8 Å². The molecule has 384 valence electrons. The average molecular weight is 1110 g/mol. The fourth-order valence-corrected chi connectivity index (χ4v) is 17.3. The SMILES string of the molecule is C=CS(=O)(=O)NCC1CCN(S(=O)(=O)C2CCC(/C=C/S(=O)(=O)NCC3CCN(S(=O)(=O)c4ccc(/C=C\S(=O)(=O)NCC5CCN(S(=O)(=O)c6cc(Cl)ccc6F)C5)cc4-c4ccccc4)C3)C2)C1. The molecule has 3 aromatic carbocycles. The van der Waals surface area contributed by atoms with E-state index in [1.165, 1.54) is 39.0 Å². The van der Waals surface area contributed by atoms with E-state index < -0.39 is 82.0 Å². The van der Waals surface area contributed by atoms with Crippen molar-refractivity contribution in [2.45, 2.75) is 53.6 Å². The van der Waals surface area contributed by atoms with E-state index in [0.717, 1.165) is 32.7 Å². The molecule has 4 aliphatic rings. The normalized spacial score (nSPS) is 23.8. The van der Waals surface area contributed by atoms with Crippen molar-refractivity contribution in [2.24, 2.45) is 23.7 Å². The highest BCUT2D eigenvalue weighted by molar-refractivity contribution is 7.93. The molecule has 1 saturated carbocycles. The first-order valence-electron chi connectivity index (χ1n) is 22.5. The van der Waals surface area contributed by atoms with Gasteiger partial charge in [-0.05, 0) is 110 Å². The van der Waals surface area contributed by atoms with Gasteiger partial charge < -0.3 is 0 Å². The molecule has 0 bridgehead atoms. The molecule has 1 aliphatic carbocycles. The predicted octanol–water partition coefficient (Wildman–Crippen LogP) is 4.07. The molecule has 3 aliphatic heterocycles. The van der Waals surface area contributed by atoms with Gasteiger partial charge in [-0.2, -0.15) is 8.61 Å². The molecule has 5 unspecified atom stereocenters. The first kappa shape index (κ1) is 54.3. The van der Waals surface area contributed by atoms with Crippen LogP contribution in [-0.2, 0) is 60.1 Å². The summed E-state index contributed by atoms with van der Waals surface area (Å²) in [6.07, 6.45) is 5.06. The summed E-state index contributed by atoms with van der Waals surface area (Å²) in [6.45, 7) is 3.83. The third kappa shape index (κ3) is 13.4. The van der Waals surface area contributed by atoms with Crippen molar-refractivity contribution in [2.75, 3.05) is 58.9 Å². The zero-order valence-corrected chi connectivity index (χ0v) is 43.5. The zero-order valence-electron chi connectivity index (χ0n) is 37.9. The van der Waals surface area contributed by atoms with E-state index in [0.29, 0.717) is 48.8 Å². The van der Waals surface area contributed by atoms with Crippen LogP contribution in [0, 0.1) is 29.5 Å². The van der Waals surface area contributed by atoms with Gasteiger partial charge in [0.05, 0.1) is 10.1 Å². The summed E-state index contributed by atoms with van der Waals surface area (Å²) in [7, 11) is -23.7. The Labute approximate surface area is 416 Å². The molecule has 5 atom stereocenters. The minimum absolute atomic E-state index is 0.0240. The quantitative estimate of drug-likeness (QED) is 0.137. The van der Waals surface area contributed by atoms with Gasteiger partial charge in [-0.1, -0.05) is 60.7 Å². The first-order valence-corrected chi connectivity index (χ1v) is 31.9. The highest BCUT2D eigenvalue weighted by Gasteiger charge is 2.41. The second kappa shape index (κ2) is 22.0. The number of hydrogen-bond donors (Lipinski definition) is 3. The number of benzene rings is 3. The van der Waals surface area contributed by atoms with E-state index in [1.54, 1.807) is 36.4 Å². The molecule has 70 heavy (non-hydrogen) atoms. The van der Waals surface area contributed by atoms with Crippen LogP contribution < -0.4 is 14.2 Å². The van der Waals surface area contributed by atoms with Crippen molar-refractivity contribution in [3.05, 3.63) is 112 Å². The monoisotopic (exact) mass is 1110 g/mol. The van der Waals surface area contributed by atoms with E-state index in [2.05, 4.69) is 20.7 Å². The Hall–Kier alpha value is -3.44. The predicted molar refractivity (Wildman–Crippen MR) is 266 cm³/mol. The minimum atomic E-state index is -4.21. The molecule has 7 rings (SSSR count). The van der Waals surface area contributed by atoms with Gasteiger partial charge in [-0.3, -0.25) is 0 Å². The van der Waals surface area contributed by atoms with Crippen LogP contribution in [0.25, 0.3) is 17.2 Å². The molecule has 3 heterocycles. The van der Waals surface area contributed by atoms with Crippen molar-refractivity contribution in [3.8, 4) is 11.1 Å². The summed E-state index contributed by atoms with van der Waals surface area (Å²) < 4.78 is 183. The minimum Gasteiger partial charge on any atom is -0.212 e. The zero-order chi connectivity index (χ0) is 50.7. The van der Waals surface area contributed by atoms with E-state index in [4.69, 9.17) is 11.6 Å². The van der Waals surface area contributed by atoms with Gasteiger partial charge in [0.15, 0.2) is 0 Å². The van der Waals surface area contributed by atoms with E-state index in [-0.39, 0.29) is 93.0 Å². The largest absolute Gasteiger partial charge is 0.246 e. The van der Waals surface area contributed by atoms with Gasteiger partial charge >= 0.3 is 0 Å². The Kier molecular flexibility index (Phi) is 17.0. The van der Waals surface area contributed by atoms with E-state index >= 15 is 0 Å². The van der Waals surface area contributed by atoms with Crippen LogP contribution in [0.1, 0.15) is 44.1 Å². The second-order valence-electron chi connectivity index (χ2n) is 18.0. The van der Waals surface area contributed by atoms with Crippen LogP contribution in [0.15, 0.2) is 105 Å². The summed E-state index contributed by atoms with van der Waals surface area (Å²) in [5.41, 5.74) is 1.23. The molecule has 0 amide bonds. The lowest BCUT2D eigenvalue weighted by atomic mass is 10.0. The molecule has 4 fully saturated rings. The topological polar surface area (TPSA) is 251 Å². The Morgan fingerprint density at radius 2 is 1.16 bits per heavy atom. The van der Waals surface area contributed by atoms with Crippen LogP contribution in [0.3, 0.4) is 0 Å². The molecule has 3 N–H and O–H groups in total. The Balaban J connectivity index is 0.923. The number of hydrogen-bond acceptors (Lipinski definition) is 12. The third-order valence-electron chi connectivity index (χ3n) is 13.1. The molecular weight excluding hydrogens is 1050 g/mol. The van der Waals surface area contributed by atoms with Gasteiger partial charge in [0, 0.05) is 85.7 Å². The van der Waals surface area contributed by atoms with Crippen molar-refractivity contribution in [1.29, 1.82) is 0 Å². The molecule has 0 radical (unpaired) electrons. The number of rotatable bonds is 21. The number of allylic oxidation sites excluding steroid dienone is 1. The lowest BCUT2D eigenvalue weighted by Crippen LogP contribution is -2.37. The van der Waals surface area contributed by atoms with Gasteiger partial charge in [0.2, 0.25) is 60.1 Å². The van der Waals surface area contributed by atoms with Crippen LogP contribution in [0.4, 0.5) is 4.39 Å². The van der Waals surface area contributed by atoms with Gasteiger partial charge in [0.1, 0.15) is 10.7 Å². The first-order chi connectivity index (χ1) is 32.9. The number of sulfonamides is 6. The van der Waals surface area contributed by atoms with E-state index in [9.17, 15) is 54.9 Å². The average Bonchev–Trinajstić information content (AvgIpc) is 4.18. The van der Waals surface area contributed by atoms with Crippen LogP contribution in [-0.4, -0.2) is 128 Å². The molecule has 0 spiro atoms. The van der Waals surface area contributed by atoms with Gasteiger partial charge in [-0.25, -0.2) is 73.4 Å². The third-order valence-corrected chi connectivity index (χ3v) is 22.6. The second-order valence-corrected chi connectivity index (χ2v) is 29.4. The summed E-state index contributed by atoms with van der Waals surface area (Å²) >= 11 is 5.91. The Bertz CT molecular complexity index is 3180. The maximum atomic E-state index is 14.4. The maximum absolute atomic E-state index is 14.4. The van der Waals surface area contributed by atoms with E-state index in [1.807, 2.05) is 0 Å². The smallest absolute Gasteiger partial charge is 0.212 e. The molecular formula is C44H56ClFN6O12S6. The molecule has 3 saturated heterocycles. The van der Waals surface area contributed by atoms with Crippen molar-refractivity contribution in [3.63, 3.8) is 0 Å². The summed E-state index contributed by atoms with van der Waals surface area (Å²) in [6, 6.07) is 16.3. The maximum Gasteiger partial charge on any atom is 0.246 e. The molecule has 18 nitrogen and oxygen atoms in total. The van der Waals surface area contributed by atoms with Gasteiger partial charge in [0.25, 0.3) is 0 Å². The Morgan fingerprint density at radius 1 is 0.614 bits per heavy atom. The van der Waals surface area contributed by atoms with Gasteiger partial charge in [-0.15, -0.1) is 0 Å². The Morgan fingerprint density at radius 3 is 1.76 bits per heavy atom. The van der Waals surface area contributed by atoms with Crippen molar-refractivity contribution in [1.82, 2.24) is 27.1 Å². The standard InChI is InChI=1S/C44H56ClFN6O12S6/c1-2-65(53,54)47-27-35-14-19-50(30-35)68(59,60)40-11-8-33(24-40)17-22-66(55,56)48-28-36-15-20-51(31-36)69(61,62)43-13-9-34(25-41(43)38-6-4-3-5-7-38)18-23-67(57,58)49-29-37-16-21-52(32-37)70(63,64)44-26-39(45)10-12-42(44)46/h2-7,9-10,12-13,17-18,22-23,25-26,33,35-37,40,47-49H,1,8,11,14-16,19-21,24,27-32H2/b22-17+,23-18-. The molecule has 26 heteroatoms. The lowest BCUT2D eigenvalue weighted by Gasteiger charge is -2.21. The molecule has 3 aromatic rings. The number of nitrogens with zero attached hydrogens (tertiary/aromatic N) is 3. The fraction of sp³-hybridized carbons (Fsp3) is 0.455. The van der Waals surface area contributed by atoms with Crippen LogP contribution in [0.2, 0.25) is 5.02 Å². The lowest BCUT2D eigenvalue weighted by molar-refractivity contribution is 0.444. The summed E-state index contributed by atoms with van der Waals surface area (Å²) in [5.74, 6) is -2.20.